The zero-order chi connectivity index (χ0) is 21.5. The summed E-state index contributed by atoms with van der Waals surface area (Å²) in [5, 5.41) is 5.12. The molecule has 1 aromatic heterocycles. The molecule has 0 aliphatic carbocycles. The summed E-state index contributed by atoms with van der Waals surface area (Å²) in [5.41, 5.74) is 9.12. The Kier molecular flexibility index (Phi) is 4.51. The summed E-state index contributed by atoms with van der Waals surface area (Å²) in [6.45, 7) is 0. The van der Waals surface area contributed by atoms with E-state index >= 15 is 0 Å². The number of rotatable bonds is 4. The standard InChI is InChI=1S/C26H22N2O3/c1-29-21-14-23(31-3)22(30-2)13-19(21)20-12-15-8-4-5-9-16(15)25-24(20)17-10-6-7-11-18(17)26(27)28-25/h4-14H,1-3H3,(H2,27,28). The van der Waals surface area contributed by atoms with Gasteiger partial charge in [0.2, 0.25) is 0 Å². The molecular weight excluding hydrogens is 388 g/mol. The van der Waals surface area contributed by atoms with Crippen LogP contribution in [0, 0.1) is 0 Å². The lowest BCUT2D eigenvalue weighted by Gasteiger charge is -2.18. The zero-order valence-corrected chi connectivity index (χ0v) is 17.6. The van der Waals surface area contributed by atoms with E-state index in [0.29, 0.717) is 23.1 Å². The molecule has 0 unspecified atom stereocenters. The Bertz CT molecular complexity index is 1460. The number of hydrogen-bond donors (Lipinski definition) is 1. The number of anilines is 1. The second-order valence-corrected chi connectivity index (χ2v) is 7.32. The Morgan fingerprint density at radius 2 is 1.26 bits per heavy atom. The van der Waals surface area contributed by atoms with E-state index in [4.69, 9.17) is 24.9 Å². The number of nitrogens with zero attached hydrogens (tertiary/aromatic N) is 1. The van der Waals surface area contributed by atoms with Gasteiger partial charge in [0.15, 0.2) is 11.5 Å². The van der Waals surface area contributed by atoms with Crippen LogP contribution in [0.5, 0.6) is 17.2 Å². The fourth-order valence-electron chi connectivity index (χ4n) is 4.27. The number of benzene rings is 4. The molecule has 0 aliphatic heterocycles. The third-order valence-electron chi connectivity index (χ3n) is 5.72. The van der Waals surface area contributed by atoms with Gasteiger partial charge >= 0.3 is 0 Å². The first-order chi connectivity index (χ1) is 15.2. The van der Waals surface area contributed by atoms with Crippen LogP contribution < -0.4 is 19.9 Å². The van der Waals surface area contributed by atoms with Crippen molar-refractivity contribution in [3.8, 4) is 28.4 Å². The fraction of sp³-hybridized carbons (Fsp3) is 0.115. The van der Waals surface area contributed by atoms with Crippen LogP contribution >= 0.6 is 0 Å². The molecule has 154 valence electrons. The Balaban J connectivity index is 2.01. The third-order valence-corrected chi connectivity index (χ3v) is 5.72. The van der Waals surface area contributed by atoms with E-state index in [-0.39, 0.29) is 0 Å². The quantitative estimate of drug-likeness (QED) is 0.378. The second-order valence-electron chi connectivity index (χ2n) is 7.32. The molecule has 0 amide bonds. The minimum absolute atomic E-state index is 0.518. The summed E-state index contributed by atoms with van der Waals surface area (Å²) >= 11 is 0. The first-order valence-corrected chi connectivity index (χ1v) is 9.96. The summed E-state index contributed by atoms with van der Waals surface area (Å²) in [4.78, 5) is 4.83. The van der Waals surface area contributed by atoms with Gasteiger partial charge < -0.3 is 19.9 Å². The van der Waals surface area contributed by atoms with Crippen molar-refractivity contribution in [2.45, 2.75) is 0 Å². The molecule has 0 atom stereocenters. The van der Waals surface area contributed by atoms with E-state index in [1.54, 1.807) is 21.3 Å². The van der Waals surface area contributed by atoms with Crippen molar-refractivity contribution < 1.29 is 14.2 Å². The van der Waals surface area contributed by atoms with Crippen LogP contribution in [-0.4, -0.2) is 26.3 Å². The van der Waals surface area contributed by atoms with E-state index in [1.165, 1.54) is 0 Å². The van der Waals surface area contributed by atoms with Crippen molar-refractivity contribution in [3.63, 3.8) is 0 Å². The van der Waals surface area contributed by atoms with E-state index in [1.807, 2.05) is 42.5 Å². The molecule has 0 fully saturated rings. The molecule has 5 rings (SSSR count). The number of pyridine rings is 1. The van der Waals surface area contributed by atoms with Crippen molar-refractivity contribution in [1.29, 1.82) is 0 Å². The third kappa shape index (κ3) is 2.89. The average molecular weight is 410 g/mol. The molecule has 0 spiro atoms. The molecular formula is C26H22N2O3. The van der Waals surface area contributed by atoms with Gasteiger partial charge in [0, 0.05) is 27.8 Å². The fourth-order valence-corrected chi connectivity index (χ4v) is 4.27. The summed E-state index contributed by atoms with van der Waals surface area (Å²) in [7, 11) is 4.90. The largest absolute Gasteiger partial charge is 0.496 e. The maximum Gasteiger partial charge on any atom is 0.164 e. The maximum atomic E-state index is 6.37. The van der Waals surface area contributed by atoms with E-state index in [0.717, 1.165) is 43.6 Å². The van der Waals surface area contributed by atoms with Crippen LogP contribution in [0.15, 0.2) is 66.7 Å². The van der Waals surface area contributed by atoms with E-state index < -0.39 is 0 Å². The molecule has 2 N–H and O–H groups in total. The predicted octanol–water partition coefficient (Wildman–Crippen LogP) is 5.82. The predicted molar refractivity (Wildman–Crippen MR) is 126 cm³/mol. The minimum atomic E-state index is 0.518. The van der Waals surface area contributed by atoms with E-state index in [9.17, 15) is 0 Å². The van der Waals surface area contributed by atoms with Crippen LogP contribution in [0.4, 0.5) is 5.82 Å². The molecule has 0 radical (unpaired) electrons. The van der Waals surface area contributed by atoms with Crippen LogP contribution in [0.1, 0.15) is 0 Å². The molecule has 4 aromatic carbocycles. The molecule has 0 saturated carbocycles. The van der Waals surface area contributed by atoms with Gasteiger partial charge in [0.05, 0.1) is 26.8 Å². The first kappa shape index (κ1) is 19.0. The van der Waals surface area contributed by atoms with Gasteiger partial charge in [-0.25, -0.2) is 4.98 Å². The van der Waals surface area contributed by atoms with Crippen LogP contribution in [0.25, 0.3) is 43.6 Å². The van der Waals surface area contributed by atoms with Crippen LogP contribution in [-0.2, 0) is 0 Å². The lowest BCUT2D eigenvalue weighted by atomic mass is 9.92. The summed E-state index contributed by atoms with van der Waals surface area (Å²) in [6, 6.07) is 22.3. The van der Waals surface area contributed by atoms with Crippen molar-refractivity contribution in [1.82, 2.24) is 4.98 Å². The lowest BCUT2D eigenvalue weighted by molar-refractivity contribution is 0.349. The molecule has 0 bridgehead atoms. The van der Waals surface area contributed by atoms with Gasteiger partial charge in [-0.3, -0.25) is 0 Å². The van der Waals surface area contributed by atoms with Crippen molar-refractivity contribution in [3.05, 3.63) is 66.7 Å². The highest BCUT2D eigenvalue weighted by Crippen LogP contribution is 2.45. The van der Waals surface area contributed by atoms with Gasteiger partial charge in [-0.1, -0.05) is 48.5 Å². The molecule has 5 aromatic rings. The van der Waals surface area contributed by atoms with Gasteiger partial charge in [-0.05, 0) is 28.5 Å². The molecule has 31 heavy (non-hydrogen) atoms. The van der Waals surface area contributed by atoms with Crippen molar-refractivity contribution in [2.24, 2.45) is 0 Å². The van der Waals surface area contributed by atoms with Gasteiger partial charge in [0.1, 0.15) is 11.6 Å². The number of methoxy groups -OCH3 is 3. The van der Waals surface area contributed by atoms with Crippen molar-refractivity contribution >= 4 is 38.3 Å². The van der Waals surface area contributed by atoms with Gasteiger partial charge in [0.25, 0.3) is 0 Å². The minimum Gasteiger partial charge on any atom is -0.496 e. The lowest BCUT2D eigenvalue weighted by Crippen LogP contribution is -1.98. The summed E-state index contributed by atoms with van der Waals surface area (Å²) < 4.78 is 16.8. The number of ether oxygens (including phenoxy) is 3. The molecule has 0 aliphatic rings. The number of fused-ring (bicyclic) bond motifs is 5. The Morgan fingerprint density at radius 1 is 0.645 bits per heavy atom. The molecule has 5 nitrogen and oxygen atoms in total. The number of nitrogens with two attached hydrogens (primary N) is 1. The highest BCUT2D eigenvalue weighted by Gasteiger charge is 2.19. The van der Waals surface area contributed by atoms with E-state index in [2.05, 4.69) is 24.3 Å². The number of hydrogen-bond acceptors (Lipinski definition) is 5. The smallest absolute Gasteiger partial charge is 0.164 e. The Morgan fingerprint density at radius 3 is 1.97 bits per heavy atom. The second kappa shape index (κ2) is 7.36. The highest BCUT2D eigenvalue weighted by atomic mass is 16.5. The summed E-state index contributed by atoms with van der Waals surface area (Å²) in [6.07, 6.45) is 0. The highest BCUT2D eigenvalue weighted by molar-refractivity contribution is 6.23. The molecule has 0 saturated heterocycles. The topological polar surface area (TPSA) is 66.6 Å². The van der Waals surface area contributed by atoms with Crippen LogP contribution in [0.2, 0.25) is 0 Å². The van der Waals surface area contributed by atoms with Crippen LogP contribution in [0.3, 0.4) is 0 Å². The maximum absolute atomic E-state index is 6.37. The molecule has 1 heterocycles. The SMILES string of the molecule is COc1cc(OC)c(-c2cc3ccccc3c3nc(N)c4ccccc4c23)cc1OC. The molecule has 5 heteroatoms. The average Bonchev–Trinajstić information content (AvgIpc) is 2.82. The number of nitrogen functional groups attached to an aromatic ring is 1. The zero-order valence-electron chi connectivity index (χ0n) is 17.6. The number of aromatic nitrogens is 1. The first-order valence-electron chi connectivity index (χ1n) is 9.96. The van der Waals surface area contributed by atoms with Crippen molar-refractivity contribution in [2.75, 3.05) is 27.1 Å². The Labute approximate surface area is 180 Å². The Hall–Kier alpha value is -3.99. The monoisotopic (exact) mass is 410 g/mol. The van der Waals surface area contributed by atoms with Gasteiger partial charge in [-0.2, -0.15) is 0 Å². The van der Waals surface area contributed by atoms with Gasteiger partial charge in [-0.15, -0.1) is 0 Å². The summed E-state index contributed by atoms with van der Waals surface area (Å²) in [5.74, 6) is 2.45. The normalized spacial score (nSPS) is 11.2.